The molecule has 1 aliphatic carbocycles. The van der Waals surface area contributed by atoms with E-state index in [1.807, 2.05) is 19.1 Å². The molecule has 2 aromatic rings. The van der Waals surface area contributed by atoms with Gasteiger partial charge in [-0.15, -0.1) is 11.3 Å². The maximum Gasteiger partial charge on any atom is 0.251 e. The molecule has 4 N–H and O–H groups in total. The Hall–Kier alpha value is -2.34. The number of thiophene rings is 1. The smallest absolute Gasteiger partial charge is 0.251 e. The Morgan fingerprint density at radius 2 is 2.00 bits per heavy atom. The summed E-state index contributed by atoms with van der Waals surface area (Å²) in [7, 11) is 0. The standard InChI is InChI=1S/C18H21N3O2S/c1-11(17(23)21-18-14(16(19)22)9-10-24-18)20-15-8-4-6-12-5-2-3-7-13(12)15/h4,6,8-11,20H,2-3,5,7H2,1H3,(H2,19,22)(H,21,23)/t11-/m1/s1. The van der Waals surface area contributed by atoms with Crippen LogP contribution in [-0.2, 0) is 17.6 Å². The van der Waals surface area contributed by atoms with Crippen LogP contribution < -0.4 is 16.4 Å². The SMILES string of the molecule is C[C@@H](Nc1cccc2c1CCCC2)C(=O)Nc1sccc1C(N)=O. The molecule has 0 bridgehead atoms. The fraction of sp³-hybridized carbons (Fsp3) is 0.333. The molecule has 0 saturated heterocycles. The van der Waals surface area contributed by atoms with E-state index >= 15 is 0 Å². The summed E-state index contributed by atoms with van der Waals surface area (Å²) >= 11 is 1.29. The number of fused-ring (bicyclic) bond motifs is 1. The second-order valence-electron chi connectivity index (χ2n) is 6.03. The molecular weight excluding hydrogens is 322 g/mol. The Labute approximate surface area is 145 Å². The van der Waals surface area contributed by atoms with E-state index in [1.165, 1.54) is 35.3 Å². The predicted molar refractivity (Wildman–Crippen MR) is 97.6 cm³/mol. The van der Waals surface area contributed by atoms with Gasteiger partial charge in [-0.3, -0.25) is 9.59 Å². The monoisotopic (exact) mass is 343 g/mol. The van der Waals surface area contributed by atoms with Crippen LogP contribution >= 0.6 is 11.3 Å². The van der Waals surface area contributed by atoms with E-state index in [0.29, 0.717) is 10.6 Å². The first-order chi connectivity index (χ1) is 11.6. The zero-order valence-corrected chi connectivity index (χ0v) is 14.4. The molecule has 0 aliphatic heterocycles. The summed E-state index contributed by atoms with van der Waals surface area (Å²) < 4.78 is 0. The molecule has 2 amide bonds. The number of carbonyl (C=O) groups excluding carboxylic acids is 2. The van der Waals surface area contributed by atoms with Crippen molar-refractivity contribution in [3.05, 3.63) is 46.3 Å². The maximum absolute atomic E-state index is 12.4. The van der Waals surface area contributed by atoms with Crippen LogP contribution in [0.5, 0.6) is 0 Å². The molecule has 0 unspecified atom stereocenters. The van der Waals surface area contributed by atoms with Crippen LogP contribution in [0.4, 0.5) is 10.7 Å². The van der Waals surface area contributed by atoms with Crippen LogP contribution in [-0.4, -0.2) is 17.9 Å². The summed E-state index contributed by atoms with van der Waals surface area (Å²) in [5, 5.41) is 8.33. The topological polar surface area (TPSA) is 84.2 Å². The van der Waals surface area contributed by atoms with Gasteiger partial charge in [0, 0.05) is 5.69 Å². The van der Waals surface area contributed by atoms with Gasteiger partial charge in [-0.1, -0.05) is 12.1 Å². The number of hydrogen-bond acceptors (Lipinski definition) is 4. The average Bonchev–Trinajstić information content (AvgIpc) is 3.03. The van der Waals surface area contributed by atoms with E-state index in [1.54, 1.807) is 11.4 Å². The summed E-state index contributed by atoms with van der Waals surface area (Å²) in [5.41, 5.74) is 9.37. The van der Waals surface area contributed by atoms with Gasteiger partial charge in [0.15, 0.2) is 0 Å². The minimum atomic E-state index is -0.538. The lowest BCUT2D eigenvalue weighted by Gasteiger charge is -2.22. The van der Waals surface area contributed by atoms with Gasteiger partial charge < -0.3 is 16.4 Å². The molecular formula is C18H21N3O2S. The summed E-state index contributed by atoms with van der Waals surface area (Å²) in [4.78, 5) is 23.8. The van der Waals surface area contributed by atoms with Crippen molar-refractivity contribution in [2.75, 3.05) is 10.6 Å². The van der Waals surface area contributed by atoms with E-state index in [-0.39, 0.29) is 5.91 Å². The van der Waals surface area contributed by atoms with Gasteiger partial charge in [-0.2, -0.15) is 0 Å². The Bertz CT molecular complexity index is 769. The van der Waals surface area contributed by atoms with Crippen molar-refractivity contribution in [2.24, 2.45) is 5.73 Å². The Morgan fingerprint density at radius 3 is 2.79 bits per heavy atom. The number of nitrogens with one attached hydrogen (secondary N) is 2. The largest absolute Gasteiger partial charge is 0.374 e. The third kappa shape index (κ3) is 3.43. The third-order valence-electron chi connectivity index (χ3n) is 4.33. The molecule has 5 nitrogen and oxygen atoms in total. The first-order valence-corrected chi connectivity index (χ1v) is 8.99. The van der Waals surface area contributed by atoms with Gasteiger partial charge in [0.1, 0.15) is 11.0 Å². The molecule has 6 heteroatoms. The number of amides is 2. The van der Waals surface area contributed by atoms with E-state index in [9.17, 15) is 9.59 Å². The Kier molecular flexibility index (Phi) is 4.85. The second kappa shape index (κ2) is 7.05. The molecule has 1 atom stereocenters. The van der Waals surface area contributed by atoms with E-state index in [4.69, 9.17) is 5.73 Å². The lowest BCUT2D eigenvalue weighted by molar-refractivity contribution is -0.116. The summed E-state index contributed by atoms with van der Waals surface area (Å²) in [6.45, 7) is 1.81. The van der Waals surface area contributed by atoms with Crippen molar-refractivity contribution in [1.82, 2.24) is 0 Å². The molecule has 24 heavy (non-hydrogen) atoms. The van der Waals surface area contributed by atoms with Crippen molar-refractivity contribution in [1.29, 1.82) is 0 Å². The molecule has 1 aromatic carbocycles. The number of aryl methyl sites for hydroxylation is 1. The molecule has 0 saturated carbocycles. The van der Waals surface area contributed by atoms with E-state index in [2.05, 4.69) is 16.7 Å². The van der Waals surface area contributed by atoms with Gasteiger partial charge >= 0.3 is 0 Å². The van der Waals surface area contributed by atoms with Crippen LogP contribution in [0, 0.1) is 0 Å². The minimum Gasteiger partial charge on any atom is -0.374 e. The summed E-state index contributed by atoms with van der Waals surface area (Å²) in [6.07, 6.45) is 4.55. The number of hydrogen-bond donors (Lipinski definition) is 3. The molecule has 0 radical (unpaired) electrons. The van der Waals surface area contributed by atoms with Crippen LogP contribution in [0.15, 0.2) is 29.6 Å². The second-order valence-corrected chi connectivity index (χ2v) is 6.95. The lowest BCUT2D eigenvalue weighted by atomic mass is 9.90. The molecule has 0 spiro atoms. The number of nitrogens with two attached hydrogens (primary N) is 1. The zero-order chi connectivity index (χ0) is 17.1. The van der Waals surface area contributed by atoms with Gasteiger partial charge in [0.05, 0.1) is 5.56 Å². The van der Waals surface area contributed by atoms with E-state index < -0.39 is 11.9 Å². The quantitative estimate of drug-likeness (QED) is 0.779. The third-order valence-corrected chi connectivity index (χ3v) is 5.16. The van der Waals surface area contributed by atoms with Gasteiger partial charge in [0.2, 0.25) is 5.91 Å². The Balaban J connectivity index is 1.71. The van der Waals surface area contributed by atoms with Gasteiger partial charge in [-0.25, -0.2) is 0 Å². The molecule has 0 fully saturated rings. The van der Waals surface area contributed by atoms with Crippen molar-refractivity contribution < 1.29 is 9.59 Å². The van der Waals surface area contributed by atoms with Crippen LogP contribution in [0.25, 0.3) is 0 Å². The normalized spacial score (nSPS) is 14.5. The molecule has 1 aromatic heterocycles. The molecule has 3 rings (SSSR count). The highest BCUT2D eigenvalue weighted by atomic mass is 32.1. The fourth-order valence-electron chi connectivity index (χ4n) is 3.04. The predicted octanol–water partition coefficient (Wildman–Crippen LogP) is 3.16. The van der Waals surface area contributed by atoms with Crippen LogP contribution in [0.2, 0.25) is 0 Å². The number of carbonyl (C=O) groups is 2. The highest BCUT2D eigenvalue weighted by Gasteiger charge is 2.19. The maximum atomic E-state index is 12.4. The number of benzene rings is 1. The molecule has 1 aliphatic rings. The minimum absolute atomic E-state index is 0.187. The summed E-state index contributed by atoms with van der Waals surface area (Å²) in [5.74, 6) is -0.724. The zero-order valence-electron chi connectivity index (χ0n) is 13.6. The van der Waals surface area contributed by atoms with Gasteiger partial charge in [0.25, 0.3) is 5.91 Å². The Morgan fingerprint density at radius 1 is 1.21 bits per heavy atom. The first-order valence-electron chi connectivity index (χ1n) is 8.11. The van der Waals surface area contributed by atoms with Crippen molar-refractivity contribution in [2.45, 2.75) is 38.6 Å². The first kappa shape index (κ1) is 16.5. The molecule has 1 heterocycles. The van der Waals surface area contributed by atoms with Crippen molar-refractivity contribution >= 4 is 33.8 Å². The van der Waals surface area contributed by atoms with Crippen molar-refractivity contribution in [3.8, 4) is 0 Å². The summed E-state index contributed by atoms with van der Waals surface area (Å²) in [6, 6.07) is 7.42. The van der Waals surface area contributed by atoms with Crippen molar-refractivity contribution in [3.63, 3.8) is 0 Å². The molecule has 126 valence electrons. The lowest BCUT2D eigenvalue weighted by Crippen LogP contribution is -2.32. The van der Waals surface area contributed by atoms with E-state index in [0.717, 1.165) is 18.5 Å². The number of primary amides is 1. The highest BCUT2D eigenvalue weighted by Crippen LogP contribution is 2.28. The van der Waals surface area contributed by atoms with Crippen LogP contribution in [0.1, 0.15) is 41.3 Å². The average molecular weight is 343 g/mol. The number of rotatable bonds is 5. The van der Waals surface area contributed by atoms with Crippen LogP contribution in [0.3, 0.4) is 0 Å². The highest BCUT2D eigenvalue weighted by molar-refractivity contribution is 7.14. The fourth-order valence-corrected chi connectivity index (χ4v) is 3.83. The van der Waals surface area contributed by atoms with Gasteiger partial charge in [-0.05, 0) is 61.2 Å². The number of anilines is 2.